The lowest BCUT2D eigenvalue weighted by Crippen LogP contribution is -2.43. The van der Waals surface area contributed by atoms with Crippen molar-refractivity contribution in [3.05, 3.63) is 64.7 Å². The Morgan fingerprint density at radius 3 is 2.71 bits per heavy atom. The molecule has 11 heteroatoms. The first-order valence-corrected chi connectivity index (χ1v) is 12.5. The van der Waals surface area contributed by atoms with Crippen molar-refractivity contribution in [1.29, 1.82) is 0 Å². The van der Waals surface area contributed by atoms with Crippen LogP contribution in [0.2, 0.25) is 0 Å². The summed E-state index contributed by atoms with van der Waals surface area (Å²) in [5.74, 6) is -1.63. The minimum atomic E-state index is -0.932. The van der Waals surface area contributed by atoms with E-state index >= 15 is 0 Å². The van der Waals surface area contributed by atoms with Crippen molar-refractivity contribution in [2.75, 3.05) is 0 Å². The molecule has 3 heterocycles. The summed E-state index contributed by atoms with van der Waals surface area (Å²) >= 11 is 0. The molecule has 35 heavy (non-hydrogen) atoms. The number of hydrogen-bond donors (Lipinski definition) is 2. The van der Waals surface area contributed by atoms with Crippen LogP contribution in [0.5, 0.6) is 0 Å². The molecular weight excluding hydrogens is 474 g/mol. The zero-order chi connectivity index (χ0) is 24.7. The molecule has 1 aliphatic carbocycles. The highest BCUT2D eigenvalue weighted by Gasteiger charge is 2.39. The van der Waals surface area contributed by atoms with Crippen LogP contribution in [-0.4, -0.2) is 54.5 Å². The fraction of sp³-hybridized carbons (Fsp3) is 0.375. The van der Waals surface area contributed by atoms with E-state index in [0.717, 1.165) is 6.20 Å². The number of amides is 4. The molecule has 2 aromatic rings. The number of alkyl halides is 1. The smallest absolute Gasteiger partial charge is 0.254 e. The highest BCUT2D eigenvalue weighted by atomic mass is 28.2. The second kappa shape index (κ2) is 9.29. The van der Waals surface area contributed by atoms with Gasteiger partial charge < -0.3 is 15.5 Å². The number of fused-ring (bicyclic) bond motifs is 1. The van der Waals surface area contributed by atoms with Gasteiger partial charge in [0.1, 0.15) is 12.0 Å². The molecule has 1 aromatic carbocycles. The second-order valence-corrected chi connectivity index (χ2v) is 10.5. The molecule has 4 amide bonds. The van der Waals surface area contributed by atoms with Gasteiger partial charge in [-0.2, -0.15) is 0 Å². The topological polar surface area (TPSA) is 108 Å². The molecule has 2 atom stereocenters. The molecule has 3 aliphatic rings. The highest BCUT2D eigenvalue weighted by molar-refractivity contribution is 6.75. The van der Waals surface area contributed by atoms with Gasteiger partial charge in [-0.3, -0.25) is 24.2 Å². The number of nitrogens with one attached hydrogen (secondary N) is 2. The summed E-state index contributed by atoms with van der Waals surface area (Å²) < 4.78 is 26.9. The lowest BCUT2D eigenvalue weighted by atomic mass is 9.77. The van der Waals surface area contributed by atoms with Gasteiger partial charge in [0.2, 0.25) is 5.91 Å². The molecule has 1 saturated heterocycles. The Morgan fingerprint density at radius 2 is 2.00 bits per heavy atom. The third-order valence-corrected chi connectivity index (χ3v) is 8.04. The van der Waals surface area contributed by atoms with Crippen LogP contribution in [0.15, 0.2) is 36.5 Å². The van der Waals surface area contributed by atoms with E-state index in [1.54, 1.807) is 23.1 Å². The molecule has 5 rings (SSSR count). The van der Waals surface area contributed by atoms with E-state index in [4.69, 9.17) is 0 Å². The van der Waals surface area contributed by atoms with Crippen LogP contribution in [0.1, 0.15) is 63.7 Å². The molecule has 2 radical (unpaired) electrons. The molecule has 1 aromatic heterocycles. The van der Waals surface area contributed by atoms with E-state index in [2.05, 4.69) is 15.6 Å². The van der Waals surface area contributed by atoms with Crippen molar-refractivity contribution in [2.45, 2.75) is 50.1 Å². The van der Waals surface area contributed by atoms with Gasteiger partial charge in [-0.1, -0.05) is 0 Å². The lowest BCUT2D eigenvalue weighted by molar-refractivity contribution is -0.119. The summed E-state index contributed by atoms with van der Waals surface area (Å²) in [6.07, 6.45) is 1.27. The molecule has 2 fully saturated rings. The number of hydrogen-bond acceptors (Lipinski definition) is 5. The zero-order valence-corrected chi connectivity index (χ0v) is 19.6. The normalized spacial score (nSPS) is 24.8. The first-order chi connectivity index (χ1) is 16.8. The summed E-state index contributed by atoms with van der Waals surface area (Å²) in [5, 5.41) is 5.21. The SMILES string of the molecule is O=C1CC[C@H](N2Cc3cc(C(=O)N[C@H](c4ccc(F)cn4)C4CC(F)C4)ccc3C2=O)[Si]C(=O)N1. The standard InChI is InChI=1S/C24H22F2N4O4Si/c25-15-2-4-18(27-10-15)21(13-8-16(26)9-13)29-22(32)12-1-3-17-14(7-12)11-30(23(17)33)20-6-5-19(31)28-24(34)35-20/h1-4,7,10,13,16,20-21H,5-6,8-9,11H2,(H,29,32)(H,28,31,34)/t13?,16?,20-,21+/m1/s1. The second-order valence-electron chi connectivity index (χ2n) is 9.06. The van der Waals surface area contributed by atoms with Crippen LogP contribution in [-0.2, 0) is 11.3 Å². The monoisotopic (exact) mass is 496 g/mol. The number of aromatic nitrogens is 1. The van der Waals surface area contributed by atoms with Gasteiger partial charge in [0.05, 0.1) is 17.9 Å². The maximum Gasteiger partial charge on any atom is 0.254 e. The van der Waals surface area contributed by atoms with Gasteiger partial charge in [-0.05, 0) is 61.1 Å². The number of carbonyl (C=O) groups is 4. The molecule has 2 N–H and O–H groups in total. The van der Waals surface area contributed by atoms with Gasteiger partial charge in [0.25, 0.3) is 11.8 Å². The van der Waals surface area contributed by atoms with Crippen LogP contribution in [0, 0.1) is 11.7 Å². The Bertz CT molecular complexity index is 1200. The van der Waals surface area contributed by atoms with Crippen molar-refractivity contribution in [2.24, 2.45) is 5.92 Å². The minimum Gasteiger partial charge on any atom is -0.343 e. The number of rotatable bonds is 5. The maximum absolute atomic E-state index is 13.5. The molecule has 0 bridgehead atoms. The predicted octanol–water partition coefficient (Wildman–Crippen LogP) is 2.46. The number of pyridine rings is 1. The molecule has 1 saturated carbocycles. The van der Waals surface area contributed by atoms with E-state index in [0.29, 0.717) is 28.8 Å². The third kappa shape index (κ3) is 4.72. The molecule has 8 nitrogen and oxygen atoms in total. The van der Waals surface area contributed by atoms with E-state index in [1.807, 2.05) is 0 Å². The van der Waals surface area contributed by atoms with Gasteiger partial charge in [-0.15, -0.1) is 0 Å². The number of nitrogens with zero attached hydrogens (tertiary/aromatic N) is 2. The summed E-state index contributed by atoms with van der Waals surface area (Å²) in [6.45, 7) is 0.240. The quantitative estimate of drug-likeness (QED) is 0.619. The molecular formula is C24H22F2N4O4Si. The first-order valence-electron chi connectivity index (χ1n) is 11.4. The Hall–Kier alpha value is -3.47. The first kappa shape index (κ1) is 23.3. The van der Waals surface area contributed by atoms with Crippen LogP contribution in [0.25, 0.3) is 0 Å². The van der Waals surface area contributed by atoms with Gasteiger partial charge in [0, 0.05) is 29.8 Å². The number of carbonyl (C=O) groups excluding carboxylic acids is 4. The van der Waals surface area contributed by atoms with Crippen molar-refractivity contribution in [1.82, 2.24) is 20.5 Å². The van der Waals surface area contributed by atoms with E-state index < -0.39 is 23.9 Å². The number of benzene rings is 1. The average Bonchev–Trinajstić information content (AvgIpc) is 3.03. The Kier molecular flexibility index (Phi) is 6.18. The van der Waals surface area contributed by atoms with Crippen molar-refractivity contribution < 1.29 is 28.0 Å². The fourth-order valence-corrected chi connectivity index (χ4v) is 5.94. The molecule has 0 spiro atoms. The van der Waals surface area contributed by atoms with Crippen molar-refractivity contribution >= 4 is 32.8 Å². The van der Waals surface area contributed by atoms with Gasteiger partial charge in [-0.25, -0.2) is 8.78 Å². The van der Waals surface area contributed by atoms with E-state index in [1.165, 1.54) is 12.1 Å². The van der Waals surface area contributed by atoms with Crippen LogP contribution >= 0.6 is 0 Å². The predicted molar refractivity (Wildman–Crippen MR) is 121 cm³/mol. The van der Waals surface area contributed by atoms with E-state index in [-0.39, 0.29) is 64.3 Å². The van der Waals surface area contributed by atoms with E-state index in [9.17, 15) is 28.0 Å². The summed E-state index contributed by atoms with van der Waals surface area (Å²) in [4.78, 5) is 55.4. The zero-order valence-electron chi connectivity index (χ0n) is 18.6. The van der Waals surface area contributed by atoms with Crippen LogP contribution < -0.4 is 10.6 Å². The Morgan fingerprint density at radius 1 is 1.20 bits per heavy atom. The average molecular weight is 497 g/mol. The minimum absolute atomic E-state index is 0.150. The van der Waals surface area contributed by atoms with Crippen LogP contribution in [0.3, 0.4) is 0 Å². The Balaban J connectivity index is 1.33. The van der Waals surface area contributed by atoms with Crippen molar-refractivity contribution in [3.8, 4) is 0 Å². The van der Waals surface area contributed by atoms with Gasteiger partial charge in [0.15, 0.2) is 15.1 Å². The highest BCUT2D eigenvalue weighted by Crippen LogP contribution is 2.39. The number of imide groups is 1. The van der Waals surface area contributed by atoms with Crippen molar-refractivity contribution in [3.63, 3.8) is 0 Å². The van der Waals surface area contributed by atoms with Crippen LogP contribution in [0.4, 0.5) is 13.6 Å². The third-order valence-electron chi connectivity index (χ3n) is 6.72. The molecule has 2 aliphatic heterocycles. The lowest BCUT2D eigenvalue weighted by Gasteiger charge is -2.36. The largest absolute Gasteiger partial charge is 0.343 e. The summed E-state index contributed by atoms with van der Waals surface area (Å²) in [7, 11) is -0.243. The Labute approximate surface area is 202 Å². The molecule has 180 valence electrons. The summed E-state index contributed by atoms with van der Waals surface area (Å²) in [5.41, 5.74) is 1.15. The molecule has 0 unspecified atom stereocenters. The summed E-state index contributed by atoms with van der Waals surface area (Å²) in [6, 6.07) is 6.95. The van der Waals surface area contributed by atoms with Gasteiger partial charge >= 0.3 is 0 Å². The number of halogens is 2. The maximum atomic E-state index is 13.5. The fourth-order valence-electron chi connectivity index (χ4n) is 4.78.